The van der Waals surface area contributed by atoms with E-state index in [9.17, 15) is 5.11 Å². The topological polar surface area (TPSA) is 29.5 Å². The molecule has 1 N–H and O–H groups in total. The predicted molar refractivity (Wildman–Crippen MR) is 84.9 cm³/mol. The zero-order valence-electron chi connectivity index (χ0n) is 13.6. The molecule has 0 aliphatic heterocycles. The Morgan fingerprint density at radius 2 is 2.23 bits per heavy atom. The molecule has 0 saturated heterocycles. The zero-order valence-corrected chi connectivity index (χ0v) is 13.6. The zero-order chi connectivity index (χ0) is 15.1. The minimum absolute atomic E-state index is 0.0627. The Kier molecular flexibility index (Phi) is 2.49. The number of aryl methyl sites for hydroxylation is 1. The first-order valence-electron chi connectivity index (χ1n) is 8.87. The molecule has 4 aliphatic rings. The Morgan fingerprint density at radius 3 is 3.05 bits per heavy atom. The summed E-state index contributed by atoms with van der Waals surface area (Å²) in [5.74, 6) is 3.12. The summed E-state index contributed by atoms with van der Waals surface area (Å²) in [5.41, 5.74) is 3.63. The van der Waals surface area contributed by atoms with E-state index in [0.29, 0.717) is 11.3 Å². The van der Waals surface area contributed by atoms with Crippen molar-refractivity contribution in [2.24, 2.45) is 22.7 Å². The summed E-state index contributed by atoms with van der Waals surface area (Å²) in [6, 6.07) is 7.66. The number of ether oxygens (including phenoxy) is 1. The van der Waals surface area contributed by atoms with E-state index in [-0.39, 0.29) is 11.5 Å². The Morgan fingerprint density at radius 1 is 1.36 bits per heavy atom. The first-order chi connectivity index (χ1) is 10.6. The van der Waals surface area contributed by atoms with Crippen LogP contribution in [0.1, 0.15) is 56.1 Å². The number of hydrogen-bond donors (Lipinski definition) is 1. The van der Waals surface area contributed by atoms with Crippen LogP contribution in [0, 0.1) is 28.7 Å². The van der Waals surface area contributed by atoms with Gasteiger partial charge in [-0.1, -0.05) is 6.92 Å². The molecule has 1 radical (unpaired) electrons. The maximum atomic E-state index is 10.6. The molecular weight excluding hydrogens is 272 g/mol. The highest BCUT2D eigenvalue weighted by Gasteiger charge is 2.76. The van der Waals surface area contributed by atoms with Crippen molar-refractivity contribution >= 4 is 0 Å². The number of aliphatic hydroxyl groups excluding tert-OH is 1. The van der Waals surface area contributed by atoms with E-state index in [2.05, 4.69) is 25.1 Å². The highest BCUT2D eigenvalue weighted by molar-refractivity contribution is 5.42. The molecule has 0 aromatic heterocycles. The molecule has 0 heterocycles. The molecule has 2 heteroatoms. The lowest BCUT2D eigenvalue weighted by molar-refractivity contribution is -0.0558. The maximum Gasteiger partial charge on any atom is 0.127 e. The lowest BCUT2D eigenvalue weighted by Crippen LogP contribution is -2.47. The van der Waals surface area contributed by atoms with Gasteiger partial charge in [0.1, 0.15) is 5.75 Å². The molecule has 1 aromatic carbocycles. The predicted octanol–water partition coefficient (Wildman–Crippen LogP) is 3.71. The van der Waals surface area contributed by atoms with Crippen LogP contribution in [0.2, 0.25) is 0 Å². The second kappa shape index (κ2) is 4.08. The Hall–Kier alpha value is -1.02. The molecule has 4 aliphatic carbocycles. The lowest BCUT2D eigenvalue weighted by atomic mass is 9.52. The van der Waals surface area contributed by atoms with Gasteiger partial charge in [0.25, 0.3) is 0 Å². The summed E-state index contributed by atoms with van der Waals surface area (Å²) in [5, 5.41) is 10.6. The summed E-state index contributed by atoms with van der Waals surface area (Å²) in [4.78, 5) is 0. The molecule has 2 nitrogen and oxygen atoms in total. The lowest BCUT2D eigenvalue weighted by Gasteiger charge is -2.52. The fourth-order valence-corrected chi connectivity index (χ4v) is 6.81. The molecule has 0 bridgehead atoms. The van der Waals surface area contributed by atoms with Crippen LogP contribution in [0.5, 0.6) is 5.75 Å². The van der Waals surface area contributed by atoms with Crippen molar-refractivity contribution in [2.45, 2.75) is 57.5 Å². The number of fused-ring (bicyclic) bond motifs is 3. The van der Waals surface area contributed by atoms with Crippen LogP contribution in [0.3, 0.4) is 0 Å². The first-order valence-corrected chi connectivity index (χ1v) is 8.87. The largest absolute Gasteiger partial charge is 0.496 e. The normalized spacial score (nSPS) is 48.0. The molecule has 0 unspecified atom stereocenters. The van der Waals surface area contributed by atoms with Crippen molar-refractivity contribution in [3.8, 4) is 5.75 Å². The van der Waals surface area contributed by atoms with Crippen LogP contribution >= 0.6 is 0 Å². The van der Waals surface area contributed by atoms with Crippen LogP contribution in [-0.4, -0.2) is 18.3 Å². The van der Waals surface area contributed by atoms with Crippen molar-refractivity contribution < 1.29 is 9.84 Å². The third kappa shape index (κ3) is 1.37. The van der Waals surface area contributed by atoms with E-state index in [0.717, 1.165) is 24.0 Å². The van der Waals surface area contributed by atoms with Gasteiger partial charge in [-0.25, -0.2) is 0 Å². The van der Waals surface area contributed by atoms with Crippen LogP contribution < -0.4 is 4.74 Å². The van der Waals surface area contributed by atoms with Gasteiger partial charge in [-0.2, -0.15) is 0 Å². The number of rotatable bonds is 1. The number of benzene rings is 1. The maximum absolute atomic E-state index is 10.6. The molecule has 1 spiro atoms. The van der Waals surface area contributed by atoms with Crippen molar-refractivity contribution in [2.75, 3.05) is 7.11 Å². The van der Waals surface area contributed by atoms with Gasteiger partial charge in [0.15, 0.2) is 0 Å². The average molecular weight is 297 g/mol. The van der Waals surface area contributed by atoms with Gasteiger partial charge in [-0.15, -0.1) is 0 Å². The Balaban J connectivity index is 1.59. The second-order valence-electron chi connectivity index (χ2n) is 8.38. The standard InChI is InChI=1S/C20H25O2/c1-19-8-7-15-16-10-14(22-2)5-3-12(16)4-6-17(15)20(19)11-13(20)9-18(19)21/h3,10,13,15,17-18,21H,4,6-9,11H2,1-2H3/t13-,15-,17-,18-,19-,20+/m1/s1. The van der Waals surface area contributed by atoms with Gasteiger partial charge in [0, 0.05) is 6.07 Å². The number of hydrogen-bond acceptors (Lipinski definition) is 2. The van der Waals surface area contributed by atoms with E-state index in [1.165, 1.54) is 43.2 Å². The van der Waals surface area contributed by atoms with Crippen molar-refractivity contribution in [1.82, 2.24) is 0 Å². The molecule has 3 saturated carbocycles. The minimum atomic E-state index is -0.0627. The third-order valence-electron chi connectivity index (χ3n) is 7.97. The van der Waals surface area contributed by atoms with Gasteiger partial charge in [-0.05, 0) is 90.4 Å². The third-order valence-corrected chi connectivity index (χ3v) is 7.97. The van der Waals surface area contributed by atoms with Crippen molar-refractivity contribution in [3.63, 3.8) is 0 Å². The smallest absolute Gasteiger partial charge is 0.127 e. The summed E-state index contributed by atoms with van der Waals surface area (Å²) < 4.78 is 5.42. The number of aliphatic hydroxyl groups is 1. The number of methoxy groups -OCH3 is 1. The van der Waals surface area contributed by atoms with E-state index in [1.807, 2.05) is 0 Å². The van der Waals surface area contributed by atoms with E-state index >= 15 is 0 Å². The van der Waals surface area contributed by atoms with Gasteiger partial charge >= 0.3 is 0 Å². The molecule has 3 fully saturated rings. The highest BCUT2D eigenvalue weighted by atomic mass is 16.5. The molecule has 117 valence electrons. The molecule has 0 amide bonds. The Labute approximate surface area is 132 Å². The fourth-order valence-electron chi connectivity index (χ4n) is 6.81. The van der Waals surface area contributed by atoms with E-state index < -0.39 is 0 Å². The van der Waals surface area contributed by atoms with Crippen LogP contribution in [0.25, 0.3) is 0 Å². The summed E-state index contributed by atoms with van der Waals surface area (Å²) >= 11 is 0. The van der Waals surface area contributed by atoms with Crippen LogP contribution in [0.4, 0.5) is 0 Å². The summed E-state index contributed by atoms with van der Waals surface area (Å²) in [6.45, 7) is 2.38. The summed E-state index contributed by atoms with van der Waals surface area (Å²) in [6.07, 6.45) is 7.26. The first kappa shape index (κ1) is 13.4. The van der Waals surface area contributed by atoms with Crippen molar-refractivity contribution in [3.05, 3.63) is 29.3 Å². The monoisotopic (exact) mass is 297 g/mol. The molecular formula is C20H25O2. The van der Waals surface area contributed by atoms with Gasteiger partial charge in [-0.3, -0.25) is 0 Å². The van der Waals surface area contributed by atoms with Gasteiger partial charge < -0.3 is 9.84 Å². The van der Waals surface area contributed by atoms with Gasteiger partial charge in [0.2, 0.25) is 0 Å². The average Bonchev–Trinajstić information content (AvgIpc) is 3.20. The van der Waals surface area contributed by atoms with Crippen LogP contribution in [0.15, 0.2) is 12.1 Å². The minimum Gasteiger partial charge on any atom is -0.496 e. The SMILES string of the molecule is COc1[c]cc2c(c1)[C@H]1CC[C@]3(C)[C@H](O)C[C@@H]4C[C@@]43[C@@H]1CC2. The molecule has 6 atom stereocenters. The fraction of sp³-hybridized carbons (Fsp3) is 0.700. The van der Waals surface area contributed by atoms with E-state index in [4.69, 9.17) is 4.74 Å². The Bertz CT molecular complexity index is 639. The highest BCUT2D eigenvalue weighted by Crippen LogP contribution is 2.81. The summed E-state index contributed by atoms with van der Waals surface area (Å²) in [7, 11) is 1.74. The molecule has 1 aromatic rings. The van der Waals surface area contributed by atoms with Crippen molar-refractivity contribution in [1.29, 1.82) is 0 Å². The quantitative estimate of drug-likeness (QED) is 0.856. The molecule has 5 rings (SSSR count). The van der Waals surface area contributed by atoms with Crippen LogP contribution in [-0.2, 0) is 6.42 Å². The second-order valence-corrected chi connectivity index (χ2v) is 8.38. The van der Waals surface area contributed by atoms with E-state index in [1.54, 1.807) is 7.11 Å². The molecule has 22 heavy (non-hydrogen) atoms. The van der Waals surface area contributed by atoms with Gasteiger partial charge in [0.05, 0.1) is 13.2 Å².